The first-order chi connectivity index (χ1) is 15.6. The van der Waals surface area contributed by atoms with Crippen LogP contribution in [0.25, 0.3) is 11.4 Å². The molecule has 3 atom stereocenters. The SMILES string of the molecule is C[C@@H](CO)Nc1cc(C(C)(C)S(C)=O)nc(-c2ccc(NC(=O)N3CCCC(O)C3)cc2)n1. The van der Waals surface area contributed by atoms with Crippen LogP contribution in [0.1, 0.15) is 39.3 Å². The van der Waals surface area contributed by atoms with E-state index in [-0.39, 0.29) is 18.7 Å². The fraction of sp³-hybridized carbons (Fsp3) is 0.522. The molecule has 1 aromatic heterocycles. The van der Waals surface area contributed by atoms with Gasteiger partial charge in [0.2, 0.25) is 0 Å². The fourth-order valence-electron chi connectivity index (χ4n) is 3.45. The zero-order valence-corrected chi connectivity index (χ0v) is 20.4. The predicted octanol–water partition coefficient (Wildman–Crippen LogP) is 2.54. The Bertz CT molecular complexity index is 999. The molecule has 0 radical (unpaired) electrons. The minimum Gasteiger partial charge on any atom is -0.394 e. The number of rotatable bonds is 7. The van der Waals surface area contributed by atoms with Crippen LogP contribution in [0.3, 0.4) is 0 Å². The molecule has 9 nitrogen and oxygen atoms in total. The summed E-state index contributed by atoms with van der Waals surface area (Å²) in [5, 5.41) is 25.2. The lowest BCUT2D eigenvalue weighted by Gasteiger charge is -2.30. The number of piperidine rings is 1. The van der Waals surface area contributed by atoms with Crippen LogP contribution in [0.4, 0.5) is 16.3 Å². The Morgan fingerprint density at radius 1 is 1.30 bits per heavy atom. The van der Waals surface area contributed by atoms with Gasteiger partial charge in [0.1, 0.15) is 5.82 Å². The normalized spacial score (nSPS) is 18.5. The number of aliphatic hydroxyl groups excluding tert-OH is 2. The number of benzene rings is 1. The van der Waals surface area contributed by atoms with Crippen molar-refractivity contribution in [3.63, 3.8) is 0 Å². The Balaban J connectivity index is 1.84. The van der Waals surface area contributed by atoms with E-state index in [2.05, 4.69) is 20.6 Å². The van der Waals surface area contributed by atoms with E-state index in [1.165, 1.54) is 0 Å². The molecule has 1 aliphatic heterocycles. The van der Waals surface area contributed by atoms with E-state index in [1.807, 2.05) is 32.9 Å². The summed E-state index contributed by atoms with van der Waals surface area (Å²) >= 11 is 0. The number of urea groups is 1. The maximum atomic E-state index is 12.5. The number of carbonyl (C=O) groups excluding carboxylic acids is 1. The van der Waals surface area contributed by atoms with Gasteiger partial charge in [-0.15, -0.1) is 0 Å². The maximum absolute atomic E-state index is 12.5. The number of nitrogens with zero attached hydrogens (tertiary/aromatic N) is 3. The summed E-state index contributed by atoms with van der Waals surface area (Å²) in [7, 11) is -1.17. The molecule has 0 bridgehead atoms. The Hall–Kier alpha value is -2.56. The molecule has 2 amide bonds. The Labute approximate surface area is 197 Å². The number of amides is 2. The summed E-state index contributed by atoms with van der Waals surface area (Å²) in [6, 6.07) is 8.49. The first kappa shape index (κ1) is 25.1. The number of hydrogen-bond donors (Lipinski definition) is 4. The van der Waals surface area contributed by atoms with E-state index >= 15 is 0 Å². The number of aromatic nitrogens is 2. The van der Waals surface area contributed by atoms with E-state index in [0.29, 0.717) is 42.5 Å². The van der Waals surface area contributed by atoms with Crippen molar-refractivity contribution in [3.8, 4) is 11.4 Å². The van der Waals surface area contributed by atoms with E-state index in [1.54, 1.807) is 29.4 Å². The van der Waals surface area contributed by atoms with Gasteiger partial charge < -0.3 is 25.7 Å². The number of β-amino-alcohol motifs (C(OH)–C–C–N with tert-alkyl or cyclic N) is 1. The van der Waals surface area contributed by atoms with E-state index in [4.69, 9.17) is 0 Å². The zero-order valence-electron chi connectivity index (χ0n) is 19.5. The molecule has 180 valence electrons. The van der Waals surface area contributed by atoms with Crippen molar-refractivity contribution < 1.29 is 19.2 Å². The van der Waals surface area contributed by atoms with Gasteiger partial charge in [-0.05, 0) is 57.9 Å². The highest BCUT2D eigenvalue weighted by atomic mass is 32.2. The second-order valence-corrected chi connectivity index (χ2v) is 10.8. The molecule has 10 heteroatoms. The summed E-state index contributed by atoms with van der Waals surface area (Å²) in [6.07, 6.45) is 2.66. The maximum Gasteiger partial charge on any atom is 0.321 e. The van der Waals surface area contributed by atoms with Gasteiger partial charge in [0, 0.05) is 53.5 Å². The first-order valence-electron chi connectivity index (χ1n) is 11.0. The van der Waals surface area contributed by atoms with Crippen molar-refractivity contribution in [2.75, 3.05) is 36.6 Å². The van der Waals surface area contributed by atoms with Crippen molar-refractivity contribution in [3.05, 3.63) is 36.0 Å². The van der Waals surface area contributed by atoms with Gasteiger partial charge in [-0.3, -0.25) is 4.21 Å². The fourth-order valence-corrected chi connectivity index (χ4v) is 3.85. The molecule has 2 aromatic rings. The van der Waals surface area contributed by atoms with E-state index in [9.17, 15) is 19.2 Å². The quantitative estimate of drug-likeness (QED) is 0.484. The van der Waals surface area contributed by atoms with Crippen LogP contribution in [0.5, 0.6) is 0 Å². The number of likely N-dealkylation sites (tertiary alicyclic amines) is 1. The number of hydrogen-bond acceptors (Lipinski definition) is 7. The second-order valence-electron chi connectivity index (χ2n) is 8.90. The third-order valence-electron chi connectivity index (χ3n) is 5.81. The second kappa shape index (κ2) is 10.6. The molecule has 1 aromatic carbocycles. The molecule has 33 heavy (non-hydrogen) atoms. The lowest BCUT2D eigenvalue weighted by molar-refractivity contribution is 0.0883. The van der Waals surface area contributed by atoms with Gasteiger partial charge in [0.15, 0.2) is 5.82 Å². The van der Waals surface area contributed by atoms with E-state index < -0.39 is 21.7 Å². The molecule has 1 saturated heterocycles. The number of carbonyl (C=O) groups is 1. The van der Waals surface area contributed by atoms with Crippen molar-refractivity contribution in [1.29, 1.82) is 0 Å². The van der Waals surface area contributed by atoms with Crippen LogP contribution in [-0.2, 0) is 15.5 Å². The molecular weight excluding hydrogens is 442 g/mol. The highest BCUT2D eigenvalue weighted by Gasteiger charge is 2.28. The predicted molar refractivity (Wildman–Crippen MR) is 131 cm³/mol. The molecule has 1 aliphatic rings. The molecule has 1 fully saturated rings. The Kier molecular flexibility index (Phi) is 8.04. The molecule has 2 unspecified atom stereocenters. The molecule has 3 rings (SSSR count). The van der Waals surface area contributed by atoms with Gasteiger partial charge in [-0.25, -0.2) is 14.8 Å². The third kappa shape index (κ3) is 6.27. The van der Waals surface area contributed by atoms with Crippen molar-refractivity contribution in [2.45, 2.75) is 50.5 Å². The Morgan fingerprint density at radius 2 is 2.00 bits per heavy atom. The minimum absolute atomic E-state index is 0.0553. The summed E-state index contributed by atoms with van der Waals surface area (Å²) in [6.45, 7) is 6.47. The van der Waals surface area contributed by atoms with Crippen LogP contribution < -0.4 is 10.6 Å². The molecule has 4 N–H and O–H groups in total. The average Bonchev–Trinajstić information content (AvgIpc) is 2.79. The average molecular weight is 476 g/mol. The molecule has 0 aliphatic carbocycles. The number of aliphatic hydroxyl groups is 2. The zero-order chi connectivity index (χ0) is 24.2. The first-order valence-corrected chi connectivity index (χ1v) is 12.6. The largest absolute Gasteiger partial charge is 0.394 e. The van der Waals surface area contributed by atoms with Crippen LogP contribution >= 0.6 is 0 Å². The number of anilines is 2. The minimum atomic E-state index is -1.17. The highest BCUT2D eigenvalue weighted by Crippen LogP contribution is 2.29. The van der Waals surface area contributed by atoms with Crippen LogP contribution in [0.15, 0.2) is 30.3 Å². The highest BCUT2D eigenvalue weighted by molar-refractivity contribution is 7.85. The van der Waals surface area contributed by atoms with Gasteiger partial charge in [-0.1, -0.05) is 0 Å². The summed E-state index contributed by atoms with van der Waals surface area (Å²) < 4.78 is 11.6. The van der Waals surface area contributed by atoms with Crippen molar-refractivity contribution in [2.24, 2.45) is 0 Å². The standard InChI is InChI=1S/C23H33N5O4S/c1-15(14-29)24-20-12-19(23(2,3)33(4)32)26-21(27-20)16-7-9-17(10-8-16)25-22(31)28-11-5-6-18(30)13-28/h7-10,12,15,18,29-30H,5-6,11,13-14H2,1-4H3,(H,25,31)(H,24,26,27)/t15-,18?,33?/m0/s1. The van der Waals surface area contributed by atoms with Gasteiger partial charge in [-0.2, -0.15) is 0 Å². The van der Waals surface area contributed by atoms with E-state index in [0.717, 1.165) is 12.0 Å². The van der Waals surface area contributed by atoms with Crippen LogP contribution in [0, 0.1) is 0 Å². The van der Waals surface area contributed by atoms with Gasteiger partial charge in [0.25, 0.3) is 0 Å². The molecule has 0 spiro atoms. The molecule has 0 saturated carbocycles. The Morgan fingerprint density at radius 3 is 2.61 bits per heavy atom. The van der Waals surface area contributed by atoms with Gasteiger partial charge >= 0.3 is 6.03 Å². The summed E-state index contributed by atoms with van der Waals surface area (Å²) in [5.41, 5.74) is 1.99. The van der Waals surface area contributed by atoms with Gasteiger partial charge in [0.05, 0.1) is 23.2 Å². The molecule has 2 heterocycles. The van der Waals surface area contributed by atoms with Crippen LogP contribution in [-0.4, -0.2) is 73.4 Å². The number of nitrogens with one attached hydrogen (secondary N) is 2. The molecular formula is C23H33N5O4S. The summed E-state index contributed by atoms with van der Waals surface area (Å²) in [4.78, 5) is 23.4. The van der Waals surface area contributed by atoms with Crippen molar-refractivity contribution in [1.82, 2.24) is 14.9 Å². The smallest absolute Gasteiger partial charge is 0.321 e. The lowest BCUT2D eigenvalue weighted by Crippen LogP contribution is -2.44. The topological polar surface area (TPSA) is 128 Å². The third-order valence-corrected chi connectivity index (χ3v) is 7.45. The van der Waals surface area contributed by atoms with Crippen LogP contribution in [0.2, 0.25) is 0 Å². The monoisotopic (exact) mass is 475 g/mol. The van der Waals surface area contributed by atoms with Crippen molar-refractivity contribution >= 4 is 28.3 Å². The summed E-state index contributed by atoms with van der Waals surface area (Å²) in [5.74, 6) is 0.992. The lowest BCUT2D eigenvalue weighted by atomic mass is 10.1.